The number of aromatic nitrogens is 1. The lowest BCUT2D eigenvalue weighted by atomic mass is 9.84. The average molecular weight is 1120 g/mol. The number of primary amides is 1. The molecule has 4 aliphatic heterocycles. The predicted molar refractivity (Wildman–Crippen MR) is 306 cm³/mol. The molecular weight excluding hydrogens is 1040 g/mol. The number of anilines is 2. The van der Waals surface area contributed by atoms with Crippen molar-refractivity contribution in [2.75, 3.05) is 29.4 Å². The number of aryl methyl sites for hydroxylation is 2. The van der Waals surface area contributed by atoms with E-state index in [1.54, 1.807) is 32.1 Å². The largest absolute Gasteiger partial charge is 0.442 e. The van der Waals surface area contributed by atoms with E-state index in [2.05, 4.69) is 30.8 Å². The van der Waals surface area contributed by atoms with E-state index >= 15 is 0 Å². The summed E-state index contributed by atoms with van der Waals surface area (Å²) in [6.45, 7) is 16.3. The highest BCUT2D eigenvalue weighted by Gasteiger charge is 2.46. The minimum Gasteiger partial charge on any atom is -0.442 e. The number of carbonyl (C=O) groups excluding carboxylic acids is 7. The van der Waals surface area contributed by atoms with Gasteiger partial charge < -0.3 is 46.1 Å². The van der Waals surface area contributed by atoms with Crippen molar-refractivity contribution < 1.29 is 48.1 Å². The second-order valence-electron chi connectivity index (χ2n) is 23.7. The number of aliphatic hydroxyl groups is 1. The molecule has 2 fully saturated rings. The summed E-state index contributed by atoms with van der Waals surface area (Å²) >= 11 is 1.57. The number of aliphatic hydroxyl groups excluding tert-OH is 1. The molecule has 8 rings (SSSR count). The quantitative estimate of drug-likeness (QED) is 0.0686. The molecule has 4 aromatic rings. The van der Waals surface area contributed by atoms with Crippen LogP contribution in [0.2, 0.25) is 0 Å². The van der Waals surface area contributed by atoms with Crippen LogP contribution in [0.25, 0.3) is 10.4 Å². The van der Waals surface area contributed by atoms with Crippen LogP contribution in [0.1, 0.15) is 115 Å². The number of aliphatic imine (C=N–C) groups is 1. The van der Waals surface area contributed by atoms with E-state index in [0.29, 0.717) is 44.5 Å². The number of amides is 7. The number of piperidine rings is 1. The molecular formula is C60H77N9O10S. The second kappa shape index (κ2) is 25.2. The summed E-state index contributed by atoms with van der Waals surface area (Å²) in [5.74, 6) is -3.38. The van der Waals surface area contributed by atoms with Crippen LogP contribution >= 0.6 is 11.3 Å². The van der Waals surface area contributed by atoms with Crippen LogP contribution in [0.4, 0.5) is 16.2 Å². The lowest BCUT2D eigenvalue weighted by Gasteiger charge is -2.37. The van der Waals surface area contributed by atoms with Gasteiger partial charge in [-0.15, -0.1) is 11.3 Å². The number of thiazole rings is 1. The highest BCUT2D eigenvalue weighted by atomic mass is 32.1. The zero-order valence-corrected chi connectivity index (χ0v) is 48.0. The minimum atomic E-state index is -0.935. The van der Waals surface area contributed by atoms with Gasteiger partial charge in [-0.1, -0.05) is 75.4 Å². The molecule has 0 saturated carbocycles. The van der Waals surface area contributed by atoms with Crippen LogP contribution in [0.3, 0.4) is 0 Å². The molecule has 0 spiro atoms. The molecule has 0 bridgehead atoms. The van der Waals surface area contributed by atoms with Gasteiger partial charge in [-0.2, -0.15) is 4.99 Å². The van der Waals surface area contributed by atoms with Crippen molar-refractivity contribution in [1.29, 1.82) is 0 Å². The van der Waals surface area contributed by atoms with E-state index in [-0.39, 0.29) is 69.0 Å². The Bertz CT molecular complexity index is 2940. The fourth-order valence-electron chi connectivity index (χ4n) is 11.0. The number of β-amino-alcohol motifs (C(OH)–C–C–N with tert-alkyl or cyclic N) is 1. The number of hydrogen-bond donors (Lipinski definition) is 5. The molecule has 4 aliphatic rings. The third kappa shape index (κ3) is 14.5. The van der Waals surface area contributed by atoms with Gasteiger partial charge in [0, 0.05) is 63.3 Å². The number of nitrogens with one attached hydrogen (secondary N) is 3. The lowest BCUT2D eigenvalue weighted by Crippen LogP contribution is -2.58. The van der Waals surface area contributed by atoms with Gasteiger partial charge in [-0.3, -0.25) is 33.7 Å². The zero-order valence-electron chi connectivity index (χ0n) is 47.2. The fraction of sp³-hybridized carbons (Fsp3) is 0.517. The van der Waals surface area contributed by atoms with E-state index < -0.39 is 77.1 Å². The van der Waals surface area contributed by atoms with Crippen molar-refractivity contribution in [1.82, 2.24) is 25.8 Å². The molecule has 3 aromatic carbocycles. The smallest absolute Gasteiger partial charge is 0.433 e. The number of nitrogens with two attached hydrogens (primary N) is 1. The SMILES string of the molecule is Cc1ncsc1-c1ccc(CNC(=O)[C@@H]2C[C@@H](O)CN2C(=O)C(NC(=O)C2CCN(c3ccc(CO[C@H](C)[C@H](CCC(N)=O)NC(=O)[C@@H]4Cc5cccc6c5N4C(=O)C(C=NC(=O)OC(C)(C)C)CC6)cc3)CC2)C(C)(C)C)cc1. The molecule has 20 heteroatoms. The van der Waals surface area contributed by atoms with Gasteiger partial charge in [-0.25, -0.2) is 9.78 Å². The minimum absolute atomic E-state index is 0.00124. The molecule has 0 aliphatic carbocycles. The molecule has 5 heterocycles. The maximum Gasteiger partial charge on any atom is 0.433 e. The molecule has 7 atom stereocenters. The van der Waals surface area contributed by atoms with Crippen molar-refractivity contribution in [3.63, 3.8) is 0 Å². The second-order valence-corrected chi connectivity index (χ2v) is 24.6. The van der Waals surface area contributed by atoms with Crippen molar-refractivity contribution in [3.05, 3.63) is 100 Å². The fourth-order valence-corrected chi connectivity index (χ4v) is 11.8. The Labute approximate surface area is 472 Å². The Morgan fingerprint density at radius 3 is 2.23 bits per heavy atom. The van der Waals surface area contributed by atoms with E-state index in [0.717, 1.165) is 44.1 Å². The van der Waals surface area contributed by atoms with Gasteiger partial charge in [0.05, 0.1) is 52.5 Å². The molecule has 19 nitrogen and oxygen atoms in total. The summed E-state index contributed by atoms with van der Waals surface area (Å²) in [6.07, 6.45) is 1.71. The molecule has 2 unspecified atom stereocenters. The Balaban J connectivity index is 0.829. The normalized spacial score (nSPS) is 20.7. The van der Waals surface area contributed by atoms with Crippen molar-refractivity contribution >= 4 is 70.5 Å². The topological polar surface area (TPSA) is 255 Å². The van der Waals surface area contributed by atoms with E-state index in [1.165, 1.54) is 16.0 Å². The number of likely N-dealkylation sites (tertiary alicyclic amines) is 1. The molecule has 7 amide bonds. The number of para-hydroxylation sites is 1. The van der Waals surface area contributed by atoms with E-state index in [4.69, 9.17) is 15.2 Å². The monoisotopic (exact) mass is 1120 g/mol. The van der Waals surface area contributed by atoms with Gasteiger partial charge in [0.1, 0.15) is 23.7 Å². The van der Waals surface area contributed by atoms with Crippen LogP contribution in [0, 0.1) is 24.2 Å². The van der Waals surface area contributed by atoms with Crippen LogP contribution in [0.5, 0.6) is 0 Å². The first-order valence-corrected chi connectivity index (χ1v) is 28.6. The Morgan fingerprint density at radius 1 is 0.887 bits per heavy atom. The van der Waals surface area contributed by atoms with Crippen LogP contribution in [0.15, 0.2) is 77.2 Å². The molecule has 80 heavy (non-hydrogen) atoms. The van der Waals surface area contributed by atoms with Gasteiger partial charge >= 0.3 is 6.09 Å². The first-order valence-electron chi connectivity index (χ1n) is 27.7. The summed E-state index contributed by atoms with van der Waals surface area (Å²) in [5, 5.41) is 19.8. The van der Waals surface area contributed by atoms with Gasteiger partial charge in [0.25, 0.3) is 0 Å². The third-order valence-electron chi connectivity index (χ3n) is 15.5. The number of benzene rings is 3. The summed E-state index contributed by atoms with van der Waals surface area (Å²) in [4.78, 5) is 110. The molecule has 0 radical (unpaired) electrons. The summed E-state index contributed by atoms with van der Waals surface area (Å²) in [5.41, 5.74) is 13.2. The third-order valence-corrected chi connectivity index (χ3v) is 16.5. The maximum atomic E-state index is 14.3. The number of rotatable bonds is 18. The van der Waals surface area contributed by atoms with Crippen molar-refractivity contribution in [2.45, 2.75) is 162 Å². The number of carbonyl (C=O) groups is 7. The number of nitrogens with zero attached hydrogens (tertiary/aromatic N) is 5. The zero-order chi connectivity index (χ0) is 57.6. The average Bonchev–Trinajstić information content (AvgIpc) is 4.15. The Morgan fingerprint density at radius 2 is 1.57 bits per heavy atom. The van der Waals surface area contributed by atoms with Crippen LogP contribution in [-0.4, -0.2) is 124 Å². The maximum absolute atomic E-state index is 14.3. The predicted octanol–water partition coefficient (Wildman–Crippen LogP) is 6.33. The highest BCUT2D eigenvalue weighted by molar-refractivity contribution is 7.13. The molecule has 1 aromatic heterocycles. The van der Waals surface area contributed by atoms with Crippen molar-refractivity contribution in [2.24, 2.45) is 28.0 Å². The molecule has 2 saturated heterocycles. The Hall–Kier alpha value is -7.03. The van der Waals surface area contributed by atoms with Crippen LogP contribution < -0.4 is 31.5 Å². The summed E-state index contributed by atoms with van der Waals surface area (Å²) in [7, 11) is 0. The molecule has 428 valence electrons. The van der Waals surface area contributed by atoms with Gasteiger partial charge in [-0.05, 0) is 112 Å². The van der Waals surface area contributed by atoms with Gasteiger partial charge in [0.15, 0.2) is 0 Å². The summed E-state index contributed by atoms with van der Waals surface area (Å²) in [6, 6.07) is 18.2. The van der Waals surface area contributed by atoms with E-state index in [9.17, 15) is 38.7 Å². The van der Waals surface area contributed by atoms with E-state index in [1.807, 2.05) is 107 Å². The van der Waals surface area contributed by atoms with Crippen LogP contribution in [-0.2, 0) is 64.2 Å². The molecule has 6 N–H and O–H groups in total. The first kappa shape index (κ1) is 59.1. The lowest BCUT2D eigenvalue weighted by molar-refractivity contribution is -0.144. The van der Waals surface area contributed by atoms with Crippen molar-refractivity contribution in [3.8, 4) is 10.4 Å². The highest BCUT2D eigenvalue weighted by Crippen LogP contribution is 2.40. The van der Waals surface area contributed by atoms with Gasteiger partial charge in [0.2, 0.25) is 35.4 Å². The number of ether oxygens (including phenoxy) is 2. The summed E-state index contributed by atoms with van der Waals surface area (Å²) < 4.78 is 11.7. The number of hydrogen-bond acceptors (Lipinski definition) is 13. The Kier molecular flexibility index (Phi) is 18.6. The first-order chi connectivity index (χ1) is 37.9. The standard InChI is InChI=1S/C60H77N9O10S/c1-35-51(80-34-64-35)40-16-12-37(13-17-40)30-62-54(73)47-29-45(70)32-68(47)57(76)52(59(3,4)5)66-53(72)41-24-26-67(27-25-41)44-20-14-38(15-21-44)33-78-36(2)46(22-23-49(61)71)65-55(74)48-28-42-11-9-10-39-18-19-43(56(75)69(48)50(39)42)31-63-58(77)79-60(6,7)8/h9-17,20-21,31,34,36,41,43,45-48,52,70H,18-19,22-30,32-33H2,1-8H3,(H2,61,71)(H,62,73)(H,65,74)(H,66,72)/t36-,43?,45-,46+,47+,48+,52?/m1/s1.